The van der Waals surface area contributed by atoms with Gasteiger partial charge in [0.25, 0.3) is 5.91 Å². The molecule has 2 aromatic heterocycles. The predicted octanol–water partition coefficient (Wildman–Crippen LogP) is 6.43. The minimum absolute atomic E-state index is 0.0926. The maximum absolute atomic E-state index is 14.1. The summed E-state index contributed by atoms with van der Waals surface area (Å²) in [6.45, 7) is 7.36. The molecule has 228 valence electrons. The summed E-state index contributed by atoms with van der Waals surface area (Å²) in [5, 5.41) is 4.93. The number of amides is 1. The molecule has 1 amide bonds. The second kappa shape index (κ2) is 11.5. The van der Waals surface area contributed by atoms with E-state index in [1.165, 1.54) is 12.4 Å². The maximum Gasteiger partial charge on any atom is 0.416 e. The number of alkyl halides is 3. The lowest BCUT2D eigenvalue weighted by molar-refractivity contribution is -0.138. The first-order valence-electron chi connectivity index (χ1n) is 14.6. The van der Waals surface area contributed by atoms with E-state index in [1.54, 1.807) is 18.2 Å². The van der Waals surface area contributed by atoms with Crippen molar-refractivity contribution in [1.29, 1.82) is 0 Å². The van der Waals surface area contributed by atoms with Crippen LogP contribution in [0.1, 0.15) is 41.4 Å². The topological polar surface area (TPSA) is 92.3 Å². The zero-order valence-electron chi connectivity index (χ0n) is 24.8. The van der Waals surface area contributed by atoms with Gasteiger partial charge in [-0.15, -0.1) is 0 Å². The highest BCUT2D eigenvalue weighted by Crippen LogP contribution is 2.37. The fourth-order valence-electron chi connectivity index (χ4n) is 5.87. The number of benzene rings is 3. The summed E-state index contributed by atoms with van der Waals surface area (Å²) in [4.78, 5) is 26.3. The van der Waals surface area contributed by atoms with Crippen molar-refractivity contribution in [2.75, 3.05) is 44.3 Å². The summed E-state index contributed by atoms with van der Waals surface area (Å²) >= 11 is 0. The SMILES string of the molecule is CC(C)n1cc(-c2ccc3c(C(=O)Nc4ccc(CN5CCN(C)CC5)c(C(F)(F)F)c4)cccc3c2)c2c(N)ncnc21. The van der Waals surface area contributed by atoms with Crippen LogP contribution in [0.4, 0.5) is 24.7 Å². The molecule has 0 radical (unpaired) electrons. The van der Waals surface area contributed by atoms with Crippen molar-refractivity contribution in [3.05, 3.63) is 83.8 Å². The molecule has 1 fully saturated rings. The van der Waals surface area contributed by atoms with Gasteiger partial charge in [-0.2, -0.15) is 13.2 Å². The molecule has 0 atom stereocenters. The molecule has 0 saturated carbocycles. The van der Waals surface area contributed by atoms with Crippen molar-refractivity contribution in [2.45, 2.75) is 32.6 Å². The van der Waals surface area contributed by atoms with Gasteiger partial charge >= 0.3 is 6.18 Å². The molecule has 1 saturated heterocycles. The molecule has 3 aromatic carbocycles. The summed E-state index contributed by atoms with van der Waals surface area (Å²) in [7, 11) is 2.00. The van der Waals surface area contributed by atoms with Crippen molar-refractivity contribution in [3.8, 4) is 11.1 Å². The molecule has 1 aliphatic rings. The number of likely N-dealkylation sites (N-methyl/N-ethyl adjacent to an activating group) is 1. The summed E-state index contributed by atoms with van der Waals surface area (Å²) in [6.07, 6.45) is -1.10. The average Bonchev–Trinajstić information content (AvgIpc) is 3.39. The van der Waals surface area contributed by atoms with Gasteiger partial charge in [0.05, 0.1) is 10.9 Å². The van der Waals surface area contributed by atoms with Gasteiger partial charge in [0, 0.05) is 61.8 Å². The van der Waals surface area contributed by atoms with E-state index in [4.69, 9.17) is 5.73 Å². The number of hydrogen-bond donors (Lipinski definition) is 2. The second-order valence-electron chi connectivity index (χ2n) is 11.6. The number of aromatic nitrogens is 3. The van der Waals surface area contributed by atoms with Crippen molar-refractivity contribution in [2.24, 2.45) is 0 Å². The third-order valence-electron chi connectivity index (χ3n) is 8.29. The lowest BCUT2D eigenvalue weighted by atomic mass is 9.98. The van der Waals surface area contributed by atoms with E-state index in [0.717, 1.165) is 46.7 Å². The fraction of sp³-hybridized carbons (Fsp3) is 0.303. The van der Waals surface area contributed by atoms with Crippen molar-refractivity contribution in [1.82, 2.24) is 24.3 Å². The highest BCUT2D eigenvalue weighted by molar-refractivity contribution is 6.13. The van der Waals surface area contributed by atoms with Crippen LogP contribution in [0.2, 0.25) is 0 Å². The summed E-state index contributed by atoms with van der Waals surface area (Å²) in [6, 6.07) is 15.2. The lowest BCUT2D eigenvalue weighted by Gasteiger charge is -2.33. The quantitative estimate of drug-likeness (QED) is 0.233. The number of nitrogens with two attached hydrogens (primary N) is 1. The molecule has 1 aliphatic heterocycles. The standard InChI is InChI=1S/C33H34F3N7O/c1-20(2)43-18-27(29-30(37)38-19-39-31(29)43)22-8-10-25-21(15-22)5-4-6-26(25)32(44)40-24-9-7-23(28(16-24)33(34,35)36)17-42-13-11-41(3)12-14-42/h4-10,15-16,18-20H,11-14,17H2,1-3H3,(H,40,44)(H2,37,38,39). The molecular formula is C33H34F3N7O. The molecule has 11 heteroatoms. The van der Waals surface area contributed by atoms with Gasteiger partial charge in [-0.05, 0) is 67.1 Å². The van der Waals surface area contributed by atoms with Crippen LogP contribution in [0.25, 0.3) is 32.9 Å². The van der Waals surface area contributed by atoms with Crippen LogP contribution >= 0.6 is 0 Å². The number of nitrogens with zero attached hydrogens (tertiary/aromatic N) is 5. The Morgan fingerprint density at radius 1 is 1.02 bits per heavy atom. The first-order valence-corrected chi connectivity index (χ1v) is 14.6. The number of halogens is 3. The lowest BCUT2D eigenvalue weighted by Crippen LogP contribution is -2.44. The average molecular weight is 602 g/mol. The number of nitrogen functional groups attached to an aromatic ring is 1. The smallest absolute Gasteiger partial charge is 0.383 e. The van der Waals surface area contributed by atoms with Gasteiger partial charge in [0.1, 0.15) is 17.8 Å². The highest BCUT2D eigenvalue weighted by atomic mass is 19.4. The molecule has 0 unspecified atom stereocenters. The molecule has 0 bridgehead atoms. The monoisotopic (exact) mass is 601 g/mol. The van der Waals surface area contributed by atoms with E-state index in [9.17, 15) is 18.0 Å². The number of nitrogens with one attached hydrogen (secondary N) is 1. The summed E-state index contributed by atoms with van der Waals surface area (Å²) < 4.78 is 44.4. The minimum Gasteiger partial charge on any atom is -0.383 e. The van der Waals surface area contributed by atoms with Crippen LogP contribution in [0.5, 0.6) is 0 Å². The number of rotatable bonds is 6. The number of hydrogen-bond acceptors (Lipinski definition) is 6. The first kappa shape index (κ1) is 29.6. The van der Waals surface area contributed by atoms with Gasteiger partial charge < -0.3 is 20.5 Å². The molecule has 3 N–H and O–H groups in total. The van der Waals surface area contributed by atoms with E-state index in [-0.39, 0.29) is 23.8 Å². The maximum atomic E-state index is 14.1. The number of piperazine rings is 1. The van der Waals surface area contributed by atoms with E-state index in [2.05, 4.69) is 34.0 Å². The molecule has 8 nitrogen and oxygen atoms in total. The Bertz CT molecular complexity index is 1860. The second-order valence-corrected chi connectivity index (χ2v) is 11.6. The number of carbonyl (C=O) groups is 1. The predicted molar refractivity (Wildman–Crippen MR) is 167 cm³/mol. The third-order valence-corrected chi connectivity index (χ3v) is 8.29. The molecule has 0 spiro atoms. The summed E-state index contributed by atoms with van der Waals surface area (Å²) in [5.41, 5.74) is 8.67. The van der Waals surface area contributed by atoms with Crippen molar-refractivity contribution >= 4 is 39.2 Å². The summed E-state index contributed by atoms with van der Waals surface area (Å²) in [5.74, 6) is -0.109. The van der Waals surface area contributed by atoms with Gasteiger partial charge in [-0.3, -0.25) is 9.69 Å². The van der Waals surface area contributed by atoms with Crippen LogP contribution in [-0.4, -0.2) is 63.5 Å². The Balaban J connectivity index is 1.30. The molecule has 44 heavy (non-hydrogen) atoms. The normalized spacial score (nSPS) is 15.0. The fourth-order valence-corrected chi connectivity index (χ4v) is 5.87. The molecule has 5 aromatic rings. The van der Waals surface area contributed by atoms with Gasteiger partial charge in [0.2, 0.25) is 0 Å². The number of carbonyl (C=O) groups excluding carboxylic acids is 1. The number of anilines is 2. The molecular weight excluding hydrogens is 567 g/mol. The Morgan fingerprint density at radius 3 is 2.52 bits per heavy atom. The number of fused-ring (bicyclic) bond motifs is 2. The Kier molecular flexibility index (Phi) is 7.77. The highest BCUT2D eigenvalue weighted by Gasteiger charge is 2.34. The minimum atomic E-state index is -4.55. The Morgan fingerprint density at radius 2 is 1.80 bits per heavy atom. The zero-order valence-corrected chi connectivity index (χ0v) is 24.8. The van der Waals surface area contributed by atoms with Crippen LogP contribution in [0.3, 0.4) is 0 Å². The largest absolute Gasteiger partial charge is 0.416 e. The van der Waals surface area contributed by atoms with Gasteiger partial charge in [-0.1, -0.05) is 30.3 Å². The van der Waals surface area contributed by atoms with Crippen LogP contribution < -0.4 is 11.1 Å². The Labute approximate surface area is 253 Å². The van der Waals surface area contributed by atoms with Crippen LogP contribution in [0.15, 0.2) is 67.1 Å². The zero-order chi connectivity index (χ0) is 31.2. The van der Waals surface area contributed by atoms with E-state index < -0.39 is 17.6 Å². The van der Waals surface area contributed by atoms with Gasteiger partial charge in [-0.25, -0.2) is 9.97 Å². The van der Waals surface area contributed by atoms with Crippen LogP contribution in [0, 0.1) is 0 Å². The van der Waals surface area contributed by atoms with Crippen molar-refractivity contribution < 1.29 is 18.0 Å². The van der Waals surface area contributed by atoms with Crippen molar-refractivity contribution in [3.63, 3.8) is 0 Å². The Hall–Kier alpha value is -4.48. The van der Waals surface area contributed by atoms with E-state index in [0.29, 0.717) is 29.9 Å². The molecule has 3 heterocycles. The third kappa shape index (κ3) is 5.72. The first-order chi connectivity index (χ1) is 21.0. The molecule has 0 aliphatic carbocycles. The molecule has 6 rings (SSSR count). The van der Waals surface area contributed by atoms with E-state index >= 15 is 0 Å². The van der Waals surface area contributed by atoms with E-state index in [1.807, 2.05) is 47.0 Å². The van der Waals surface area contributed by atoms with Gasteiger partial charge in [0.15, 0.2) is 0 Å². The van der Waals surface area contributed by atoms with Crippen LogP contribution in [-0.2, 0) is 12.7 Å².